The largest absolute Gasteiger partial charge is 0.395 e. The molecule has 0 aliphatic carbocycles. The molecule has 0 fully saturated rings. The van der Waals surface area contributed by atoms with Gasteiger partial charge in [0.15, 0.2) is 5.82 Å². The molecule has 31 heavy (non-hydrogen) atoms. The SMILES string of the molecule is CN(CCO)c1cc2cnc(-c3ccc4c(cnn4Cc4ccccc4)c3)nc2cn1. The van der Waals surface area contributed by atoms with Crippen LogP contribution in [0.15, 0.2) is 73.2 Å². The van der Waals surface area contributed by atoms with Crippen molar-refractivity contribution in [3.05, 3.63) is 78.8 Å². The fraction of sp³-hybridized carbons (Fsp3) is 0.167. The van der Waals surface area contributed by atoms with E-state index in [9.17, 15) is 0 Å². The van der Waals surface area contributed by atoms with Gasteiger partial charge in [-0.25, -0.2) is 15.0 Å². The van der Waals surface area contributed by atoms with E-state index in [1.807, 2.05) is 59.4 Å². The lowest BCUT2D eigenvalue weighted by molar-refractivity contribution is 0.304. The highest BCUT2D eigenvalue weighted by atomic mass is 16.3. The summed E-state index contributed by atoms with van der Waals surface area (Å²) in [6.07, 6.45) is 5.45. The Bertz CT molecular complexity index is 1350. The molecule has 0 spiro atoms. The average Bonchev–Trinajstić information content (AvgIpc) is 3.21. The van der Waals surface area contributed by atoms with E-state index in [1.165, 1.54) is 5.56 Å². The van der Waals surface area contributed by atoms with Crippen LogP contribution in [-0.2, 0) is 6.54 Å². The third kappa shape index (κ3) is 3.83. The van der Waals surface area contributed by atoms with Crippen LogP contribution < -0.4 is 4.90 Å². The van der Waals surface area contributed by atoms with Gasteiger partial charge in [0, 0.05) is 36.1 Å². The van der Waals surface area contributed by atoms with Crippen molar-refractivity contribution in [1.29, 1.82) is 0 Å². The number of likely N-dealkylation sites (N-methyl/N-ethyl adjacent to an activating group) is 1. The Morgan fingerprint density at radius 2 is 1.81 bits per heavy atom. The molecule has 3 heterocycles. The molecular weight excluding hydrogens is 388 g/mol. The van der Waals surface area contributed by atoms with E-state index >= 15 is 0 Å². The molecule has 0 saturated carbocycles. The first-order chi connectivity index (χ1) is 15.2. The summed E-state index contributed by atoms with van der Waals surface area (Å²) in [4.78, 5) is 15.6. The van der Waals surface area contributed by atoms with Crippen LogP contribution in [0, 0.1) is 0 Å². The van der Waals surface area contributed by atoms with Gasteiger partial charge < -0.3 is 10.0 Å². The number of fused-ring (bicyclic) bond motifs is 2. The van der Waals surface area contributed by atoms with Gasteiger partial charge in [-0.05, 0) is 29.8 Å². The lowest BCUT2D eigenvalue weighted by Gasteiger charge is -2.16. The number of benzene rings is 2. The van der Waals surface area contributed by atoms with Crippen molar-refractivity contribution < 1.29 is 5.11 Å². The highest BCUT2D eigenvalue weighted by Crippen LogP contribution is 2.24. The molecule has 5 aromatic rings. The fourth-order valence-electron chi connectivity index (χ4n) is 3.64. The molecule has 0 aliphatic heterocycles. The lowest BCUT2D eigenvalue weighted by Crippen LogP contribution is -2.22. The van der Waals surface area contributed by atoms with Gasteiger partial charge in [0.05, 0.1) is 36.6 Å². The molecule has 0 unspecified atom stereocenters. The number of anilines is 1. The number of rotatable bonds is 6. The molecule has 0 aliphatic rings. The van der Waals surface area contributed by atoms with Crippen molar-refractivity contribution in [2.45, 2.75) is 6.54 Å². The van der Waals surface area contributed by atoms with Crippen molar-refractivity contribution in [3.8, 4) is 11.4 Å². The van der Waals surface area contributed by atoms with Crippen LogP contribution in [0.25, 0.3) is 33.2 Å². The molecule has 0 atom stereocenters. The van der Waals surface area contributed by atoms with Crippen LogP contribution in [-0.4, -0.2) is 50.0 Å². The summed E-state index contributed by atoms with van der Waals surface area (Å²) < 4.78 is 2.00. The standard InChI is InChI=1S/C24H22N6O/c1-29(9-10-31)23-12-19-13-26-24(28-21(19)15-25-23)18-7-8-22-20(11-18)14-27-30(22)16-17-5-3-2-4-6-17/h2-8,11-15,31H,9-10,16H2,1H3. The van der Waals surface area contributed by atoms with E-state index in [0.29, 0.717) is 12.4 Å². The maximum absolute atomic E-state index is 9.12. The Kier molecular flexibility index (Phi) is 5.01. The fourth-order valence-corrected chi connectivity index (χ4v) is 3.64. The zero-order valence-corrected chi connectivity index (χ0v) is 17.2. The maximum atomic E-state index is 9.12. The number of hydrogen-bond acceptors (Lipinski definition) is 6. The van der Waals surface area contributed by atoms with E-state index in [2.05, 4.69) is 39.3 Å². The summed E-state index contributed by atoms with van der Waals surface area (Å²) in [5.74, 6) is 1.44. The first-order valence-electron chi connectivity index (χ1n) is 10.2. The summed E-state index contributed by atoms with van der Waals surface area (Å²) in [5, 5.41) is 15.6. The van der Waals surface area contributed by atoms with Gasteiger partial charge >= 0.3 is 0 Å². The van der Waals surface area contributed by atoms with Crippen LogP contribution >= 0.6 is 0 Å². The van der Waals surface area contributed by atoms with Gasteiger partial charge in [0.2, 0.25) is 0 Å². The summed E-state index contributed by atoms with van der Waals surface area (Å²) in [6, 6.07) is 18.4. The Morgan fingerprint density at radius 3 is 2.65 bits per heavy atom. The minimum absolute atomic E-state index is 0.0794. The first kappa shape index (κ1) is 19.1. The molecule has 0 saturated heterocycles. The van der Waals surface area contributed by atoms with Crippen LogP contribution in [0.2, 0.25) is 0 Å². The lowest BCUT2D eigenvalue weighted by atomic mass is 10.1. The third-order valence-electron chi connectivity index (χ3n) is 5.35. The second-order valence-electron chi connectivity index (χ2n) is 7.50. The molecule has 2 aromatic carbocycles. The minimum atomic E-state index is 0.0794. The van der Waals surface area contributed by atoms with Gasteiger partial charge in [0.1, 0.15) is 5.82 Å². The summed E-state index contributed by atoms with van der Waals surface area (Å²) in [7, 11) is 1.90. The molecule has 1 N–H and O–H groups in total. The van der Waals surface area contributed by atoms with Crippen LogP contribution in [0.1, 0.15) is 5.56 Å². The first-order valence-corrected chi connectivity index (χ1v) is 10.2. The number of pyridine rings is 1. The van der Waals surface area contributed by atoms with Gasteiger partial charge in [-0.2, -0.15) is 5.10 Å². The van der Waals surface area contributed by atoms with Gasteiger partial charge in [-0.3, -0.25) is 4.68 Å². The highest BCUT2D eigenvalue weighted by Gasteiger charge is 2.10. The van der Waals surface area contributed by atoms with Crippen molar-refractivity contribution >= 4 is 27.6 Å². The Balaban J connectivity index is 1.45. The van der Waals surface area contributed by atoms with Gasteiger partial charge in [-0.15, -0.1) is 0 Å². The number of hydrogen-bond donors (Lipinski definition) is 1. The van der Waals surface area contributed by atoms with E-state index in [0.717, 1.165) is 39.7 Å². The second kappa shape index (κ2) is 8.12. The van der Waals surface area contributed by atoms with Crippen LogP contribution in [0.5, 0.6) is 0 Å². The minimum Gasteiger partial charge on any atom is -0.395 e. The molecule has 154 valence electrons. The Hall–Kier alpha value is -3.84. The van der Waals surface area contributed by atoms with Crippen molar-refractivity contribution in [2.75, 3.05) is 25.1 Å². The zero-order chi connectivity index (χ0) is 21.2. The summed E-state index contributed by atoms with van der Waals surface area (Å²) in [5.41, 5.74) is 4.01. The number of nitrogens with zero attached hydrogens (tertiary/aromatic N) is 6. The molecule has 5 rings (SSSR count). The number of aliphatic hydroxyl groups excluding tert-OH is 1. The van der Waals surface area contributed by atoms with Gasteiger partial charge in [0.25, 0.3) is 0 Å². The van der Waals surface area contributed by atoms with E-state index in [4.69, 9.17) is 10.1 Å². The van der Waals surface area contributed by atoms with Crippen LogP contribution in [0.3, 0.4) is 0 Å². The van der Waals surface area contributed by atoms with Crippen molar-refractivity contribution in [1.82, 2.24) is 24.7 Å². The molecule has 0 bridgehead atoms. The topological polar surface area (TPSA) is 80.0 Å². The quantitative estimate of drug-likeness (QED) is 0.461. The molecule has 3 aromatic heterocycles. The molecule has 0 amide bonds. The van der Waals surface area contributed by atoms with E-state index in [-0.39, 0.29) is 6.61 Å². The Morgan fingerprint density at radius 1 is 0.935 bits per heavy atom. The summed E-state index contributed by atoms with van der Waals surface area (Å²) >= 11 is 0. The predicted molar refractivity (Wildman–Crippen MR) is 122 cm³/mol. The molecule has 7 nitrogen and oxygen atoms in total. The molecule has 0 radical (unpaired) electrons. The number of aliphatic hydroxyl groups is 1. The van der Waals surface area contributed by atoms with Gasteiger partial charge in [-0.1, -0.05) is 30.3 Å². The normalized spacial score (nSPS) is 11.3. The smallest absolute Gasteiger partial charge is 0.159 e. The monoisotopic (exact) mass is 410 g/mol. The van der Waals surface area contributed by atoms with Crippen molar-refractivity contribution in [2.24, 2.45) is 0 Å². The average molecular weight is 410 g/mol. The zero-order valence-electron chi connectivity index (χ0n) is 17.2. The second-order valence-corrected chi connectivity index (χ2v) is 7.50. The van der Waals surface area contributed by atoms with E-state index < -0.39 is 0 Å². The molecular formula is C24H22N6O. The Labute approximate surface area is 179 Å². The number of aromatic nitrogens is 5. The van der Waals surface area contributed by atoms with E-state index in [1.54, 1.807) is 6.20 Å². The molecule has 7 heteroatoms. The van der Waals surface area contributed by atoms with Crippen molar-refractivity contribution in [3.63, 3.8) is 0 Å². The third-order valence-corrected chi connectivity index (χ3v) is 5.35. The van der Waals surface area contributed by atoms with Crippen LogP contribution in [0.4, 0.5) is 5.82 Å². The maximum Gasteiger partial charge on any atom is 0.159 e. The summed E-state index contributed by atoms with van der Waals surface area (Å²) in [6.45, 7) is 1.33. The highest BCUT2D eigenvalue weighted by molar-refractivity contribution is 5.85. The predicted octanol–water partition coefficient (Wildman–Crippen LogP) is 3.52.